The Labute approximate surface area is 150 Å². The van der Waals surface area contributed by atoms with Crippen LogP contribution in [-0.4, -0.2) is 24.6 Å². The maximum atomic E-state index is 13.3. The highest BCUT2D eigenvalue weighted by Gasteiger charge is 2.64. The molecule has 0 aliphatic heterocycles. The molecule has 0 saturated heterocycles. The minimum Gasteiger partial charge on any atom is -0.469 e. The summed E-state index contributed by atoms with van der Waals surface area (Å²) in [5.74, 6) is 1.86. The minimum atomic E-state index is -0.540. The van der Waals surface area contributed by atoms with Gasteiger partial charge >= 0.3 is 5.97 Å². The number of ether oxygens (including phenoxy) is 1. The minimum absolute atomic E-state index is 0.122. The number of methoxy groups -OCH3 is 1. The van der Waals surface area contributed by atoms with Crippen LogP contribution in [0.1, 0.15) is 65.2 Å². The van der Waals surface area contributed by atoms with Gasteiger partial charge in [0.2, 0.25) is 0 Å². The molecule has 4 aliphatic carbocycles. The zero-order chi connectivity index (χ0) is 18.0. The molecule has 0 spiro atoms. The Morgan fingerprint density at radius 2 is 1.80 bits per heavy atom. The van der Waals surface area contributed by atoms with Crippen molar-refractivity contribution in [3.8, 4) is 0 Å². The van der Waals surface area contributed by atoms with E-state index in [1.165, 1.54) is 7.11 Å². The van der Waals surface area contributed by atoms with Gasteiger partial charge in [-0.1, -0.05) is 13.8 Å². The van der Waals surface area contributed by atoms with E-state index in [4.69, 9.17) is 4.74 Å². The lowest BCUT2D eigenvalue weighted by Crippen LogP contribution is -2.57. The predicted octanol–water partition coefficient (Wildman–Crippen LogP) is 3.57. The van der Waals surface area contributed by atoms with Crippen LogP contribution in [0.25, 0.3) is 0 Å². The molecule has 4 nitrogen and oxygen atoms in total. The summed E-state index contributed by atoms with van der Waals surface area (Å²) in [4.78, 5) is 37.5. The van der Waals surface area contributed by atoms with Gasteiger partial charge < -0.3 is 4.74 Å². The Balaban J connectivity index is 1.67. The second-order valence-corrected chi connectivity index (χ2v) is 9.46. The summed E-state index contributed by atoms with van der Waals surface area (Å²) in [7, 11) is 1.43. The smallest absolute Gasteiger partial charge is 0.309 e. The molecule has 0 amide bonds. The van der Waals surface area contributed by atoms with Gasteiger partial charge in [0, 0.05) is 24.7 Å². The first-order valence-corrected chi connectivity index (χ1v) is 9.95. The van der Waals surface area contributed by atoms with E-state index in [2.05, 4.69) is 6.92 Å². The summed E-state index contributed by atoms with van der Waals surface area (Å²) in [6.45, 7) is 4.37. The van der Waals surface area contributed by atoms with E-state index in [1.807, 2.05) is 6.92 Å². The third kappa shape index (κ3) is 2.21. The molecule has 4 fully saturated rings. The Kier molecular flexibility index (Phi) is 3.90. The van der Waals surface area contributed by atoms with Crippen molar-refractivity contribution in [1.82, 2.24) is 0 Å². The lowest BCUT2D eigenvalue weighted by molar-refractivity contribution is -0.167. The summed E-state index contributed by atoms with van der Waals surface area (Å²) >= 11 is 0. The molecule has 0 N–H and O–H groups in total. The SMILES string of the molecule is COC(=O)[C@@H]1CC[C@@H]2[C@H]3CC[C@@H]4CC(=O)CC[C@]4(C)[C@@H]3CC(=O)[C@]21C. The van der Waals surface area contributed by atoms with Gasteiger partial charge in [0.05, 0.1) is 13.0 Å². The fourth-order valence-electron chi connectivity index (χ4n) is 7.28. The highest BCUT2D eigenvalue weighted by Crippen LogP contribution is 2.66. The molecule has 0 aromatic carbocycles. The molecule has 7 atom stereocenters. The Morgan fingerprint density at radius 1 is 1.04 bits per heavy atom. The van der Waals surface area contributed by atoms with Gasteiger partial charge in [0.1, 0.15) is 11.6 Å². The Hall–Kier alpha value is -1.19. The van der Waals surface area contributed by atoms with Crippen molar-refractivity contribution in [3.63, 3.8) is 0 Å². The van der Waals surface area contributed by atoms with Gasteiger partial charge in [0.15, 0.2) is 0 Å². The van der Waals surface area contributed by atoms with Crippen molar-refractivity contribution in [1.29, 1.82) is 0 Å². The van der Waals surface area contributed by atoms with E-state index < -0.39 is 5.41 Å². The zero-order valence-electron chi connectivity index (χ0n) is 15.7. The molecule has 0 radical (unpaired) electrons. The molecular weight excluding hydrogens is 316 g/mol. The quantitative estimate of drug-likeness (QED) is 0.681. The summed E-state index contributed by atoms with van der Waals surface area (Å²) in [6, 6.07) is 0. The van der Waals surface area contributed by atoms with Gasteiger partial charge in [0.25, 0.3) is 0 Å². The summed E-state index contributed by atoms with van der Waals surface area (Å²) in [6.07, 6.45) is 6.87. The highest BCUT2D eigenvalue weighted by molar-refractivity contribution is 5.92. The van der Waals surface area contributed by atoms with Crippen LogP contribution in [-0.2, 0) is 19.1 Å². The topological polar surface area (TPSA) is 60.4 Å². The maximum absolute atomic E-state index is 13.3. The van der Waals surface area contributed by atoms with Crippen molar-refractivity contribution >= 4 is 17.5 Å². The van der Waals surface area contributed by atoms with Crippen LogP contribution >= 0.6 is 0 Å². The van der Waals surface area contributed by atoms with E-state index in [0.29, 0.717) is 48.7 Å². The van der Waals surface area contributed by atoms with Gasteiger partial charge in [-0.2, -0.15) is 0 Å². The average molecular weight is 346 g/mol. The lowest BCUT2D eigenvalue weighted by Gasteiger charge is -2.59. The summed E-state index contributed by atoms with van der Waals surface area (Å²) in [5.41, 5.74) is -0.418. The Morgan fingerprint density at radius 3 is 2.52 bits per heavy atom. The van der Waals surface area contributed by atoms with E-state index >= 15 is 0 Å². The van der Waals surface area contributed by atoms with Crippen LogP contribution in [0.5, 0.6) is 0 Å². The van der Waals surface area contributed by atoms with Crippen LogP contribution < -0.4 is 0 Å². The van der Waals surface area contributed by atoms with Crippen molar-refractivity contribution in [2.75, 3.05) is 7.11 Å². The number of hydrogen-bond donors (Lipinski definition) is 0. The molecule has 4 heteroatoms. The van der Waals surface area contributed by atoms with Crippen LogP contribution in [0, 0.1) is 40.4 Å². The van der Waals surface area contributed by atoms with Crippen LogP contribution in [0.4, 0.5) is 0 Å². The van der Waals surface area contributed by atoms with Crippen molar-refractivity contribution < 1.29 is 19.1 Å². The van der Waals surface area contributed by atoms with Crippen molar-refractivity contribution in [2.24, 2.45) is 40.4 Å². The maximum Gasteiger partial charge on any atom is 0.309 e. The van der Waals surface area contributed by atoms with Gasteiger partial charge in [-0.25, -0.2) is 0 Å². The number of Topliss-reactive ketones (excluding diaryl/α,β-unsaturated/α-hetero) is 2. The predicted molar refractivity (Wildman–Crippen MR) is 92.6 cm³/mol. The van der Waals surface area contributed by atoms with Gasteiger partial charge in [-0.15, -0.1) is 0 Å². The largest absolute Gasteiger partial charge is 0.469 e. The van der Waals surface area contributed by atoms with Crippen LogP contribution in [0.3, 0.4) is 0 Å². The molecule has 0 aromatic rings. The molecule has 0 bridgehead atoms. The monoisotopic (exact) mass is 346 g/mol. The number of ketones is 2. The molecule has 0 unspecified atom stereocenters. The van der Waals surface area contributed by atoms with E-state index in [-0.39, 0.29) is 23.1 Å². The van der Waals surface area contributed by atoms with E-state index in [9.17, 15) is 14.4 Å². The second-order valence-electron chi connectivity index (χ2n) is 9.46. The van der Waals surface area contributed by atoms with Crippen LogP contribution in [0.15, 0.2) is 0 Å². The molecule has 4 saturated carbocycles. The fraction of sp³-hybridized carbons (Fsp3) is 0.857. The van der Waals surface area contributed by atoms with Gasteiger partial charge in [-0.3, -0.25) is 14.4 Å². The van der Waals surface area contributed by atoms with Crippen molar-refractivity contribution in [3.05, 3.63) is 0 Å². The van der Waals surface area contributed by atoms with E-state index in [0.717, 1.165) is 32.1 Å². The number of rotatable bonds is 1. The summed E-state index contributed by atoms with van der Waals surface area (Å²) < 4.78 is 5.02. The first-order chi connectivity index (χ1) is 11.8. The van der Waals surface area contributed by atoms with Crippen LogP contribution in [0.2, 0.25) is 0 Å². The van der Waals surface area contributed by atoms with E-state index in [1.54, 1.807) is 0 Å². The molecule has 138 valence electrons. The number of hydrogen-bond acceptors (Lipinski definition) is 4. The second kappa shape index (κ2) is 5.65. The zero-order valence-corrected chi connectivity index (χ0v) is 15.7. The fourth-order valence-corrected chi connectivity index (χ4v) is 7.28. The first kappa shape index (κ1) is 17.2. The lowest BCUT2D eigenvalue weighted by atomic mass is 9.44. The van der Waals surface area contributed by atoms with Crippen molar-refractivity contribution in [2.45, 2.75) is 65.2 Å². The summed E-state index contributed by atoms with van der Waals surface area (Å²) in [5, 5.41) is 0. The standard InChI is InChI=1S/C21H30O4/c1-20-9-8-13(22)10-12(20)4-5-14-15-6-7-16(19(24)25-3)21(15,2)18(23)11-17(14)20/h12,14-17H,4-11H2,1-3H3/t12-,14-,15-,16+,17-,20+,21-/m1/s1. The first-order valence-electron chi connectivity index (χ1n) is 9.95. The Bertz CT molecular complexity index is 625. The molecule has 4 rings (SSSR count). The third-order valence-corrected chi connectivity index (χ3v) is 8.83. The average Bonchev–Trinajstić information content (AvgIpc) is 2.95. The number of carbonyl (C=O) groups is 3. The molecule has 25 heavy (non-hydrogen) atoms. The normalized spacial score (nSPS) is 49.2. The molecule has 0 aromatic heterocycles. The number of fused-ring (bicyclic) bond motifs is 5. The van der Waals surface area contributed by atoms with Gasteiger partial charge in [-0.05, 0) is 61.2 Å². The highest BCUT2D eigenvalue weighted by atomic mass is 16.5. The number of carbonyl (C=O) groups excluding carboxylic acids is 3. The third-order valence-electron chi connectivity index (χ3n) is 8.83. The molecular formula is C21H30O4. The molecule has 0 heterocycles. The number of esters is 1. The molecule has 4 aliphatic rings.